The number of aryl methyl sites for hydroxylation is 1. The summed E-state index contributed by atoms with van der Waals surface area (Å²) in [5, 5.41) is 0. The molecule has 0 amide bonds. The van der Waals surface area contributed by atoms with E-state index in [1.165, 1.54) is 5.56 Å². The maximum absolute atomic E-state index is 5.98. The first kappa shape index (κ1) is 19.4. The minimum atomic E-state index is 0.257. The second-order valence-electron chi connectivity index (χ2n) is 6.37. The maximum Gasteiger partial charge on any atom is 0.228 e. The van der Waals surface area contributed by atoms with Crippen molar-refractivity contribution < 1.29 is 4.74 Å². The van der Waals surface area contributed by atoms with E-state index in [1.54, 1.807) is 0 Å². The van der Waals surface area contributed by atoms with Gasteiger partial charge in [0.05, 0.1) is 22.2 Å². The second-order valence-corrected chi connectivity index (χ2v) is 7.22. The molecule has 1 aromatic carbocycles. The van der Waals surface area contributed by atoms with Gasteiger partial charge in [-0.2, -0.15) is 0 Å². The van der Waals surface area contributed by atoms with Crippen molar-refractivity contribution in [2.75, 3.05) is 13.6 Å². The van der Waals surface area contributed by atoms with Gasteiger partial charge in [0.15, 0.2) is 0 Å². The fraction of sp³-hybridized carbons (Fsp3) is 0.400. The Balaban J connectivity index is 2.26. The maximum atomic E-state index is 5.98. The largest absolute Gasteiger partial charge is 0.472 e. The summed E-state index contributed by atoms with van der Waals surface area (Å²) in [7, 11) is 2.00. The lowest BCUT2D eigenvalue weighted by molar-refractivity contribution is 0.290. The van der Waals surface area contributed by atoms with Crippen molar-refractivity contribution in [3.8, 4) is 5.88 Å². The van der Waals surface area contributed by atoms with Crippen molar-refractivity contribution in [3.63, 3.8) is 0 Å². The summed E-state index contributed by atoms with van der Waals surface area (Å²) in [6, 6.07) is 10.2. The van der Waals surface area contributed by atoms with Crippen LogP contribution in [0.5, 0.6) is 5.88 Å². The predicted molar refractivity (Wildman–Crippen MR) is 108 cm³/mol. The molecule has 0 atom stereocenters. The van der Waals surface area contributed by atoms with E-state index < -0.39 is 0 Å². The summed E-state index contributed by atoms with van der Waals surface area (Å²) in [5.41, 5.74) is 4.18. The van der Waals surface area contributed by atoms with Gasteiger partial charge in [0, 0.05) is 13.6 Å². The molecule has 2 aromatic rings. The van der Waals surface area contributed by atoms with E-state index in [1.807, 2.05) is 36.5 Å². The van der Waals surface area contributed by atoms with Crippen LogP contribution in [0.1, 0.15) is 43.5 Å². The Morgan fingerprint density at radius 3 is 2.68 bits per heavy atom. The molecule has 0 bridgehead atoms. The molecule has 0 N–H and O–H groups in total. The molecule has 1 aromatic heterocycles. The zero-order chi connectivity index (χ0) is 18.4. The normalized spacial score (nSPS) is 11.3. The van der Waals surface area contributed by atoms with Gasteiger partial charge in [0.2, 0.25) is 5.88 Å². The third kappa shape index (κ3) is 5.30. The van der Waals surface area contributed by atoms with Crippen molar-refractivity contribution >= 4 is 28.0 Å². The molecule has 0 spiro atoms. The highest BCUT2D eigenvalue weighted by molar-refractivity contribution is 9.10. The van der Waals surface area contributed by atoms with Gasteiger partial charge in [0.25, 0.3) is 0 Å². The van der Waals surface area contributed by atoms with Crippen LogP contribution in [0.2, 0.25) is 0 Å². The first-order chi connectivity index (χ1) is 11.9. The number of pyridine rings is 1. The number of hydrogen-bond donors (Lipinski definition) is 0. The van der Waals surface area contributed by atoms with E-state index in [0.717, 1.165) is 28.0 Å². The van der Waals surface area contributed by atoms with E-state index in [-0.39, 0.29) is 5.92 Å². The number of aliphatic imine (C=N–C) groups is 1. The molecule has 0 aliphatic carbocycles. The third-order valence-electron chi connectivity index (χ3n) is 4.02. The fourth-order valence-corrected chi connectivity index (χ4v) is 2.69. The van der Waals surface area contributed by atoms with Crippen LogP contribution in [0.15, 0.2) is 39.8 Å². The summed E-state index contributed by atoms with van der Waals surface area (Å²) < 4.78 is 6.79. The molecule has 134 valence electrons. The Hall–Kier alpha value is -1.88. The van der Waals surface area contributed by atoms with Crippen molar-refractivity contribution in [2.24, 2.45) is 4.99 Å². The lowest BCUT2D eigenvalue weighted by Gasteiger charge is -2.15. The lowest BCUT2D eigenvalue weighted by atomic mass is 10.1. The van der Waals surface area contributed by atoms with Gasteiger partial charge < -0.3 is 9.64 Å². The number of aromatic nitrogens is 1. The average molecular weight is 404 g/mol. The average Bonchev–Trinajstić information content (AvgIpc) is 2.59. The summed E-state index contributed by atoms with van der Waals surface area (Å²) >= 11 is 3.57. The van der Waals surface area contributed by atoms with Gasteiger partial charge in [-0.25, -0.2) is 9.98 Å². The number of benzene rings is 1. The van der Waals surface area contributed by atoms with Crippen LogP contribution < -0.4 is 4.74 Å². The van der Waals surface area contributed by atoms with Crippen LogP contribution in [0, 0.1) is 6.92 Å². The Labute approximate surface area is 159 Å². The van der Waals surface area contributed by atoms with Crippen molar-refractivity contribution in [1.82, 2.24) is 9.88 Å². The Kier molecular flexibility index (Phi) is 7.00. The molecule has 4 nitrogen and oxygen atoms in total. The Morgan fingerprint density at radius 2 is 2.04 bits per heavy atom. The van der Waals surface area contributed by atoms with Gasteiger partial charge >= 0.3 is 0 Å². The fourth-order valence-electron chi connectivity index (χ4n) is 2.27. The highest BCUT2D eigenvalue weighted by Gasteiger charge is 2.14. The molecular formula is C20H26BrN3O. The van der Waals surface area contributed by atoms with Crippen molar-refractivity contribution in [3.05, 3.63) is 51.6 Å². The number of ether oxygens (including phenoxy) is 1. The highest BCUT2D eigenvalue weighted by Crippen LogP contribution is 2.34. The molecule has 0 unspecified atom stereocenters. The van der Waals surface area contributed by atoms with Crippen LogP contribution in [-0.4, -0.2) is 29.8 Å². The molecule has 0 aliphatic heterocycles. The van der Waals surface area contributed by atoms with E-state index in [0.29, 0.717) is 12.5 Å². The van der Waals surface area contributed by atoms with Crippen LogP contribution in [0.25, 0.3) is 0 Å². The van der Waals surface area contributed by atoms with Crippen LogP contribution in [0.3, 0.4) is 0 Å². The lowest BCUT2D eigenvalue weighted by Crippen LogP contribution is -2.14. The van der Waals surface area contributed by atoms with Crippen LogP contribution in [0.4, 0.5) is 5.69 Å². The standard InChI is InChI=1S/C20H26BrN3O/c1-6-24(5)13-22-18-11-17(21)20(23-19(18)14(2)3)25-12-16-10-8-7-9-15(16)4/h7-11,13-14H,6,12H2,1-5H3/b22-13+. The minimum absolute atomic E-state index is 0.257. The molecule has 1 heterocycles. The molecule has 0 saturated heterocycles. The summed E-state index contributed by atoms with van der Waals surface area (Å²) in [6.45, 7) is 9.81. The first-order valence-electron chi connectivity index (χ1n) is 8.54. The predicted octanol–water partition coefficient (Wildman–Crippen LogP) is 5.47. The van der Waals surface area contributed by atoms with Crippen molar-refractivity contribution in [1.29, 1.82) is 0 Å². The monoisotopic (exact) mass is 403 g/mol. The van der Waals surface area contributed by atoms with Crippen LogP contribution >= 0.6 is 15.9 Å². The molecule has 5 heteroatoms. The van der Waals surface area contributed by atoms with Crippen LogP contribution in [-0.2, 0) is 6.61 Å². The van der Waals surface area contributed by atoms with E-state index in [4.69, 9.17) is 9.72 Å². The van der Waals surface area contributed by atoms with Gasteiger partial charge in [0.1, 0.15) is 6.61 Å². The van der Waals surface area contributed by atoms with Gasteiger partial charge in [-0.3, -0.25) is 0 Å². The van der Waals surface area contributed by atoms with Gasteiger partial charge in [-0.15, -0.1) is 0 Å². The van der Waals surface area contributed by atoms with E-state index >= 15 is 0 Å². The molecule has 0 fully saturated rings. The number of rotatable bonds is 7. The van der Waals surface area contributed by atoms with E-state index in [9.17, 15) is 0 Å². The molecular weight excluding hydrogens is 378 g/mol. The second kappa shape index (κ2) is 8.99. The summed E-state index contributed by atoms with van der Waals surface area (Å²) in [6.07, 6.45) is 1.84. The van der Waals surface area contributed by atoms with Crippen molar-refractivity contribution in [2.45, 2.75) is 40.2 Å². The van der Waals surface area contributed by atoms with E-state index in [2.05, 4.69) is 60.8 Å². The SMILES string of the molecule is CCN(C)/C=N/c1cc(Br)c(OCc2ccccc2C)nc1C(C)C. The quantitative estimate of drug-likeness (QED) is 0.454. The molecule has 0 aliphatic rings. The Bertz CT molecular complexity index is 744. The van der Waals surface area contributed by atoms with Gasteiger partial charge in [-0.05, 0) is 52.9 Å². The topological polar surface area (TPSA) is 37.7 Å². The molecule has 0 radical (unpaired) electrons. The Morgan fingerprint density at radius 1 is 1.32 bits per heavy atom. The summed E-state index contributed by atoms with van der Waals surface area (Å²) in [4.78, 5) is 11.3. The minimum Gasteiger partial charge on any atom is -0.472 e. The zero-order valence-corrected chi connectivity index (χ0v) is 17.2. The molecule has 25 heavy (non-hydrogen) atoms. The zero-order valence-electron chi connectivity index (χ0n) is 15.6. The number of nitrogens with zero attached hydrogens (tertiary/aromatic N) is 3. The van der Waals surface area contributed by atoms with Gasteiger partial charge in [-0.1, -0.05) is 38.1 Å². The smallest absolute Gasteiger partial charge is 0.228 e. The molecule has 2 rings (SSSR count). The summed E-state index contributed by atoms with van der Waals surface area (Å²) in [5.74, 6) is 0.864. The first-order valence-corrected chi connectivity index (χ1v) is 9.33. The highest BCUT2D eigenvalue weighted by atomic mass is 79.9. The number of halogens is 1. The number of hydrogen-bond acceptors (Lipinski definition) is 3. The third-order valence-corrected chi connectivity index (χ3v) is 4.59. The molecule has 0 saturated carbocycles.